The van der Waals surface area contributed by atoms with Crippen molar-refractivity contribution in [2.75, 3.05) is 0 Å². The minimum atomic E-state index is -1.03. The summed E-state index contributed by atoms with van der Waals surface area (Å²) in [6.45, 7) is 0. The maximum absolute atomic E-state index is 13.6. The first kappa shape index (κ1) is 14.8. The van der Waals surface area contributed by atoms with Crippen molar-refractivity contribution in [2.45, 2.75) is 5.33 Å². The van der Waals surface area contributed by atoms with Crippen molar-refractivity contribution in [3.63, 3.8) is 0 Å². The molecule has 0 unspecified atom stereocenters. The van der Waals surface area contributed by atoms with E-state index in [4.69, 9.17) is 16.3 Å². The molecule has 0 saturated carbocycles. The van der Waals surface area contributed by atoms with Crippen LogP contribution in [-0.4, -0.2) is 0 Å². The van der Waals surface area contributed by atoms with Crippen molar-refractivity contribution >= 4 is 43.5 Å². The van der Waals surface area contributed by atoms with Gasteiger partial charge in [0.05, 0.1) is 0 Å². The molecule has 0 aliphatic rings. The van der Waals surface area contributed by atoms with Gasteiger partial charge >= 0.3 is 0 Å². The van der Waals surface area contributed by atoms with E-state index >= 15 is 0 Å². The minimum Gasteiger partial charge on any atom is -0.454 e. The van der Waals surface area contributed by atoms with E-state index in [1.807, 2.05) is 0 Å². The van der Waals surface area contributed by atoms with Gasteiger partial charge in [0.15, 0.2) is 11.6 Å². The Morgan fingerprint density at radius 2 is 1.84 bits per heavy atom. The molecule has 1 nitrogen and oxygen atoms in total. The van der Waals surface area contributed by atoms with Crippen LogP contribution in [0.1, 0.15) is 5.56 Å². The van der Waals surface area contributed by atoms with E-state index in [9.17, 15) is 8.78 Å². The normalized spacial score (nSPS) is 10.6. The zero-order valence-electron chi connectivity index (χ0n) is 9.39. The van der Waals surface area contributed by atoms with Crippen LogP contribution in [0.15, 0.2) is 34.8 Å². The fraction of sp³-hybridized carbons (Fsp3) is 0.0769. The molecule has 0 aliphatic heterocycles. The number of hydrogen-bond acceptors (Lipinski definition) is 1. The smallest absolute Gasteiger partial charge is 0.201 e. The summed E-state index contributed by atoms with van der Waals surface area (Å²) in [4.78, 5) is 0. The molecule has 100 valence electrons. The van der Waals surface area contributed by atoms with Crippen molar-refractivity contribution in [2.24, 2.45) is 0 Å². The quantitative estimate of drug-likeness (QED) is 0.439. The molecule has 2 aromatic rings. The van der Waals surface area contributed by atoms with E-state index in [1.165, 1.54) is 6.07 Å². The first-order chi connectivity index (χ1) is 9.01. The highest BCUT2D eigenvalue weighted by atomic mass is 79.9. The topological polar surface area (TPSA) is 9.23 Å². The Kier molecular flexibility index (Phi) is 4.81. The third-order valence-corrected chi connectivity index (χ3v) is 3.64. The standard InChI is InChI=1S/C13H7Br2ClF2O/c14-6-7-3-9(16)1-2-11(7)19-12-5-8(15)4-10(17)13(12)18/h1-5H,6H2. The van der Waals surface area contributed by atoms with Crippen molar-refractivity contribution in [3.8, 4) is 11.5 Å². The fourth-order valence-corrected chi connectivity index (χ4v) is 2.52. The average molecular weight is 412 g/mol. The van der Waals surface area contributed by atoms with Crippen LogP contribution in [0, 0.1) is 11.6 Å². The van der Waals surface area contributed by atoms with Crippen molar-refractivity contribution in [3.05, 3.63) is 57.0 Å². The van der Waals surface area contributed by atoms with Gasteiger partial charge < -0.3 is 4.74 Å². The average Bonchev–Trinajstić information content (AvgIpc) is 2.37. The second-order valence-corrected chi connectivity index (χ2v) is 5.60. The first-order valence-electron chi connectivity index (χ1n) is 5.18. The Balaban J connectivity index is 2.41. The molecule has 0 atom stereocenters. The van der Waals surface area contributed by atoms with Gasteiger partial charge in [-0.15, -0.1) is 0 Å². The molecule has 0 aliphatic carbocycles. The molecule has 0 fully saturated rings. The summed E-state index contributed by atoms with van der Waals surface area (Å²) in [5.74, 6) is -1.77. The van der Waals surface area contributed by atoms with E-state index in [-0.39, 0.29) is 5.75 Å². The maximum Gasteiger partial charge on any atom is 0.201 e. The molecule has 0 radical (unpaired) electrons. The lowest BCUT2D eigenvalue weighted by Gasteiger charge is -2.11. The summed E-state index contributed by atoms with van der Waals surface area (Å²) in [6, 6.07) is 7.32. The zero-order chi connectivity index (χ0) is 14.0. The van der Waals surface area contributed by atoms with E-state index in [1.54, 1.807) is 18.2 Å². The van der Waals surface area contributed by atoms with Gasteiger partial charge in [-0.1, -0.05) is 43.5 Å². The van der Waals surface area contributed by atoms with E-state index in [0.717, 1.165) is 11.6 Å². The summed E-state index contributed by atoms with van der Waals surface area (Å²) in [6.07, 6.45) is 0. The second-order valence-electron chi connectivity index (χ2n) is 3.69. The molecule has 0 spiro atoms. The van der Waals surface area contributed by atoms with E-state index in [0.29, 0.717) is 20.6 Å². The lowest BCUT2D eigenvalue weighted by Crippen LogP contribution is -1.94. The number of benzene rings is 2. The largest absolute Gasteiger partial charge is 0.454 e. The highest BCUT2D eigenvalue weighted by molar-refractivity contribution is 9.10. The Labute approximate surface area is 130 Å². The number of rotatable bonds is 3. The Hall–Kier alpha value is -0.650. The van der Waals surface area contributed by atoms with Gasteiger partial charge in [0.25, 0.3) is 0 Å². The maximum atomic E-state index is 13.6. The van der Waals surface area contributed by atoms with Crippen molar-refractivity contribution in [1.82, 2.24) is 0 Å². The minimum absolute atomic E-state index is 0.184. The summed E-state index contributed by atoms with van der Waals surface area (Å²) < 4.78 is 32.7. The molecule has 0 heterocycles. The predicted molar refractivity (Wildman–Crippen MR) is 78.2 cm³/mol. The molecule has 0 aromatic heterocycles. The summed E-state index contributed by atoms with van der Waals surface area (Å²) >= 11 is 12.2. The van der Waals surface area contributed by atoms with Crippen LogP contribution in [0.4, 0.5) is 8.78 Å². The monoisotopic (exact) mass is 410 g/mol. The third-order valence-electron chi connectivity index (χ3n) is 2.35. The highest BCUT2D eigenvalue weighted by Crippen LogP contribution is 2.33. The molecule has 0 saturated heterocycles. The van der Waals surface area contributed by atoms with Crippen LogP contribution in [0.25, 0.3) is 0 Å². The molecule has 0 N–H and O–H groups in total. The number of alkyl halides is 1. The van der Waals surface area contributed by atoms with Gasteiger partial charge in [-0.3, -0.25) is 0 Å². The van der Waals surface area contributed by atoms with Gasteiger partial charge in [0.1, 0.15) is 5.75 Å². The SMILES string of the molecule is Fc1cc(Br)cc(Oc2ccc(Cl)cc2CBr)c1F. The lowest BCUT2D eigenvalue weighted by molar-refractivity contribution is 0.413. The van der Waals surface area contributed by atoms with Crippen LogP contribution in [0.2, 0.25) is 5.02 Å². The fourth-order valence-electron chi connectivity index (χ4n) is 1.48. The van der Waals surface area contributed by atoms with Gasteiger partial charge in [-0.25, -0.2) is 4.39 Å². The van der Waals surface area contributed by atoms with Gasteiger partial charge in [-0.2, -0.15) is 4.39 Å². The first-order valence-corrected chi connectivity index (χ1v) is 7.47. The van der Waals surface area contributed by atoms with Gasteiger partial charge in [0, 0.05) is 20.4 Å². The molecular formula is C13H7Br2ClF2O. The molecule has 0 amide bonds. The van der Waals surface area contributed by atoms with Crippen LogP contribution in [0.5, 0.6) is 11.5 Å². The second kappa shape index (κ2) is 6.20. The summed E-state index contributed by atoms with van der Waals surface area (Å²) in [7, 11) is 0. The van der Waals surface area contributed by atoms with Crippen LogP contribution in [-0.2, 0) is 5.33 Å². The summed E-state index contributed by atoms with van der Waals surface area (Å²) in [5.41, 5.74) is 0.743. The van der Waals surface area contributed by atoms with Crippen LogP contribution >= 0.6 is 43.5 Å². The lowest BCUT2D eigenvalue weighted by atomic mass is 10.2. The Morgan fingerprint density at radius 3 is 2.53 bits per heavy atom. The summed E-state index contributed by atoms with van der Waals surface area (Å²) in [5, 5.41) is 1.03. The molecule has 19 heavy (non-hydrogen) atoms. The van der Waals surface area contributed by atoms with E-state index < -0.39 is 11.6 Å². The Morgan fingerprint density at radius 1 is 1.11 bits per heavy atom. The number of halogens is 5. The number of hydrogen-bond donors (Lipinski definition) is 0. The zero-order valence-corrected chi connectivity index (χ0v) is 13.3. The molecule has 2 aromatic carbocycles. The molecular weight excluding hydrogens is 405 g/mol. The van der Waals surface area contributed by atoms with E-state index in [2.05, 4.69) is 31.9 Å². The molecule has 6 heteroatoms. The van der Waals surface area contributed by atoms with Crippen LogP contribution < -0.4 is 4.74 Å². The molecule has 2 rings (SSSR count). The number of ether oxygens (including phenoxy) is 1. The third kappa shape index (κ3) is 3.46. The highest BCUT2D eigenvalue weighted by Gasteiger charge is 2.14. The van der Waals surface area contributed by atoms with Gasteiger partial charge in [-0.05, 0) is 30.3 Å². The van der Waals surface area contributed by atoms with Crippen molar-refractivity contribution < 1.29 is 13.5 Å². The van der Waals surface area contributed by atoms with Crippen LogP contribution in [0.3, 0.4) is 0 Å². The Bertz CT molecular complexity index is 620. The van der Waals surface area contributed by atoms with Crippen molar-refractivity contribution in [1.29, 1.82) is 0 Å². The molecule has 0 bridgehead atoms. The predicted octanol–water partition coefficient (Wildman–Crippen LogP) is 6.07. The van der Waals surface area contributed by atoms with Gasteiger partial charge in [0.2, 0.25) is 5.82 Å².